The van der Waals surface area contributed by atoms with Gasteiger partial charge < -0.3 is 19.7 Å². The molecule has 160 valence electrons. The van der Waals surface area contributed by atoms with Gasteiger partial charge in [-0.3, -0.25) is 9.59 Å². The van der Waals surface area contributed by atoms with Crippen LogP contribution >= 0.6 is 0 Å². The van der Waals surface area contributed by atoms with Crippen molar-refractivity contribution in [2.24, 2.45) is 5.92 Å². The third-order valence-corrected chi connectivity index (χ3v) is 5.15. The Kier molecular flexibility index (Phi) is 5.78. The summed E-state index contributed by atoms with van der Waals surface area (Å²) in [7, 11) is 3.18. The zero-order chi connectivity index (χ0) is 21.8. The minimum atomic E-state index is -0.445. The van der Waals surface area contributed by atoms with E-state index < -0.39 is 5.92 Å². The van der Waals surface area contributed by atoms with E-state index in [0.29, 0.717) is 18.1 Å². The van der Waals surface area contributed by atoms with Gasteiger partial charge in [0.05, 0.1) is 32.4 Å². The van der Waals surface area contributed by atoms with Crippen LogP contribution in [-0.2, 0) is 16.1 Å². The molecule has 0 aliphatic carbocycles. The lowest BCUT2D eigenvalue weighted by molar-refractivity contribution is -0.126. The van der Waals surface area contributed by atoms with Crippen LogP contribution in [0.2, 0.25) is 0 Å². The maximum absolute atomic E-state index is 12.7. The fourth-order valence-electron chi connectivity index (χ4n) is 3.45. The molecule has 10 nitrogen and oxygen atoms in total. The Morgan fingerprint density at radius 2 is 1.65 bits per heavy atom. The van der Waals surface area contributed by atoms with Crippen LogP contribution in [0.5, 0.6) is 11.5 Å². The van der Waals surface area contributed by atoms with E-state index in [4.69, 9.17) is 9.47 Å². The van der Waals surface area contributed by atoms with Crippen molar-refractivity contribution in [3.8, 4) is 17.2 Å². The first-order valence-electron chi connectivity index (χ1n) is 9.73. The molecule has 2 aromatic carbocycles. The van der Waals surface area contributed by atoms with Gasteiger partial charge in [-0.2, -0.15) is 4.68 Å². The molecule has 0 bridgehead atoms. The van der Waals surface area contributed by atoms with Crippen LogP contribution in [0.25, 0.3) is 5.69 Å². The molecule has 1 aliphatic rings. The predicted octanol–water partition coefficient (Wildman–Crippen LogP) is 1.35. The van der Waals surface area contributed by atoms with E-state index in [-0.39, 0.29) is 24.8 Å². The normalized spacial score (nSPS) is 15.7. The number of benzene rings is 2. The lowest BCUT2D eigenvalue weighted by Gasteiger charge is -2.17. The van der Waals surface area contributed by atoms with E-state index in [9.17, 15) is 9.59 Å². The number of rotatable bonds is 7. The number of ether oxygens (including phenoxy) is 2. The Balaban J connectivity index is 1.38. The molecule has 4 rings (SSSR count). The first-order chi connectivity index (χ1) is 15.1. The number of nitrogens with zero attached hydrogens (tertiary/aromatic N) is 5. The Hall–Kier alpha value is -3.95. The molecule has 1 saturated heterocycles. The topological polar surface area (TPSA) is 111 Å². The molecule has 0 unspecified atom stereocenters. The van der Waals surface area contributed by atoms with Gasteiger partial charge in [-0.1, -0.05) is 0 Å². The van der Waals surface area contributed by atoms with Gasteiger partial charge >= 0.3 is 0 Å². The zero-order valence-corrected chi connectivity index (χ0v) is 17.2. The van der Waals surface area contributed by atoms with Crippen molar-refractivity contribution >= 4 is 17.5 Å². The Bertz CT molecular complexity index is 1060. The third-order valence-electron chi connectivity index (χ3n) is 5.15. The van der Waals surface area contributed by atoms with Gasteiger partial charge in [-0.05, 0) is 59.0 Å². The van der Waals surface area contributed by atoms with Gasteiger partial charge in [0.1, 0.15) is 11.5 Å². The van der Waals surface area contributed by atoms with Gasteiger partial charge in [0.2, 0.25) is 11.8 Å². The number of hydrogen-bond donors (Lipinski definition) is 1. The maximum atomic E-state index is 12.7. The second-order valence-corrected chi connectivity index (χ2v) is 7.03. The number of nitrogens with one attached hydrogen (secondary N) is 1. The van der Waals surface area contributed by atoms with Crippen molar-refractivity contribution in [2.75, 3.05) is 25.7 Å². The van der Waals surface area contributed by atoms with Gasteiger partial charge in [0.15, 0.2) is 5.82 Å². The van der Waals surface area contributed by atoms with Crippen molar-refractivity contribution in [2.45, 2.75) is 13.0 Å². The fourth-order valence-corrected chi connectivity index (χ4v) is 3.45. The average Bonchev–Trinajstić information content (AvgIpc) is 3.44. The molecule has 1 fully saturated rings. The summed E-state index contributed by atoms with van der Waals surface area (Å²) in [6.45, 7) is 0.464. The van der Waals surface area contributed by atoms with Crippen molar-refractivity contribution in [3.63, 3.8) is 0 Å². The van der Waals surface area contributed by atoms with Gasteiger partial charge in [0, 0.05) is 18.7 Å². The predicted molar refractivity (Wildman–Crippen MR) is 111 cm³/mol. The molecule has 0 spiro atoms. The molecule has 1 atom stereocenters. The molecular formula is C21H22N6O4. The Labute approximate surface area is 178 Å². The lowest BCUT2D eigenvalue weighted by atomic mass is 10.1. The highest BCUT2D eigenvalue weighted by atomic mass is 16.5. The van der Waals surface area contributed by atoms with Crippen LogP contribution in [0.1, 0.15) is 12.2 Å². The van der Waals surface area contributed by atoms with Crippen LogP contribution in [0.4, 0.5) is 5.69 Å². The standard InChI is InChI=1S/C21H22N6O4/c1-30-17-7-3-15(4-8-17)26-13-14(11-20(26)28)21(29)22-12-19-23-24-25-27(19)16-5-9-18(31-2)10-6-16/h3-10,14H,11-13H2,1-2H3,(H,22,29)/t14-/m1/s1. The summed E-state index contributed by atoms with van der Waals surface area (Å²) in [5, 5.41) is 14.5. The summed E-state index contributed by atoms with van der Waals surface area (Å²) < 4.78 is 11.8. The van der Waals surface area contributed by atoms with Crippen molar-refractivity contribution in [3.05, 3.63) is 54.4 Å². The van der Waals surface area contributed by atoms with E-state index in [0.717, 1.165) is 17.1 Å². The number of hydrogen-bond acceptors (Lipinski definition) is 7. The number of methoxy groups -OCH3 is 2. The lowest BCUT2D eigenvalue weighted by Crippen LogP contribution is -2.33. The first kappa shape index (κ1) is 20.3. The van der Waals surface area contributed by atoms with E-state index in [1.807, 2.05) is 12.1 Å². The SMILES string of the molecule is COc1ccc(N2C[C@H](C(=O)NCc3nnnn3-c3ccc(OC)cc3)CC2=O)cc1. The van der Waals surface area contributed by atoms with E-state index >= 15 is 0 Å². The molecule has 0 saturated carbocycles. The van der Waals surface area contributed by atoms with E-state index in [2.05, 4.69) is 20.8 Å². The summed E-state index contributed by atoms with van der Waals surface area (Å²) in [5.41, 5.74) is 1.49. The van der Waals surface area contributed by atoms with E-state index in [1.165, 1.54) is 0 Å². The molecule has 1 N–H and O–H groups in total. The second kappa shape index (κ2) is 8.82. The maximum Gasteiger partial charge on any atom is 0.227 e. The highest BCUT2D eigenvalue weighted by Gasteiger charge is 2.35. The van der Waals surface area contributed by atoms with Crippen LogP contribution < -0.4 is 19.7 Å². The number of tetrazole rings is 1. The third kappa shape index (κ3) is 4.32. The quantitative estimate of drug-likeness (QED) is 0.612. The largest absolute Gasteiger partial charge is 0.497 e. The smallest absolute Gasteiger partial charge is 0.227 e. The molecule has 1 aliphatic heterocycles. The molecule has 0 radical (unpaired) electrons. The number of carbonyl (C=O) groups is 2. The van der Waals surface area contributed by atoms with Crippen LogP contribution in [-0.4, -0.2) is 52.8 Å². The number of carbonyl (C=O) groups excluding carboxylic acids is 2. The van der Waals surface area contributed by atoms with Gasteiger partial charge in [0.25, 0.3) is 0 Å². The Morgan fingerprint density at radius 3 is 2.26 bits per heavy atom. The molecular weight excluding hydrogens is 400 g/mol. The molecule has 31 heavy (non-hydrogen) atoms. The number of anilines is 1. The highest BCUT2D eigenvalue weighted by Crippen LogP contribution is 2.27. The molecule has 2 heterocycles. The average molecular weight is 422 g/mol. The summed E-state index contributed by atoms with van der Waals surface area (Å²) in [6, 6.07) is 14.4. The van der Waals surface area contributed by atoms with Crippen molar-refractivity contribution < 1.29 is 19.1 Å². The number of amides is 2. The van der Waals surface area contributed by atoms with Gasteiger partial charge in [-0.15, -0.1) is 5.10 Å². The zero-order valence-electron chi connectivity index (χ0n) is 17.2. The van der Waals surface area contributed by atoms with E-state index in [1.54, 1.807) is 60.2 Å². The highest BCUT2D eigenvalue weighted by molar-refractivity contribution is 6.00. The summed E-state index contributed by atoms with van der Waals surface area (Å²) in [4.78, 5) is 26.7. The second-order valence-electron chi connectivity index (χ2n) is 7.03. The molecule has 2 amide bonds. The minimum Gasteiger partial charge on any atom is -0.497 e. The molecule has 10 heteroatoms. The van der Waals surface area contributed by atoms with Crippen molar-refractivity contribution in [1.82, 2.24) is 25.5 Å². The minimum absolute atomic E-state index is 0.0895. The van der Waals surface area contributed by atoms with Gasteiger partial charge in [-0.25, -0.2) is 0 Å². The van der Waals surface area contributed by atoms with Crippen LogP contribution in [0.15, 0.2) is 48.5 Å². The molecule has 1 aromatic heterocycles. The van der Waals surface area contributed by atoms with Crippen LogP contribution in [0, 0.1) is 5.92 Å². The summed E-state index contributed by atoms with van der Waals surface area (Å²) in [5.74, 6) is 1.16. The number of aromatic nitrogens is 4. The van der Waals surface area contributed by atoms with Crippen LogP contribution in [0.3, 0.4) is 0 Å². The monoisotopic (exact) mass is 422 g/mol. The molecule has 3 aromatic rings. The fraction of sp³-hybridized carbons (Fsp3) is 0.286. The summed E-state index contributed by atoms with van der Waals surface area (Å²) >= 11 is 0. The Morgan fingerprint density at radius 1 is 1.03 bits per heavy atom. The first-order valence-corrected chi connectivity index (χ1v) is 9.73. The van der Waals surface area contributed by atoms with Crippen molar-refractivity contribution in [1.29, 1.82) is 0 Å². The summed E-state index contributed by atoms with van der Waals surface area (Å²) in [6.07, 6.45) is 0.154.